The topological polar surface area (TPSA) is 93.1 Å². The smallest absolute Gasteiger partial charge is 0.282 e. The van der Waals surface area contributed by atoms with Gasteiger partial charge in [0.15, 0.2) is 0 Å². The molecule has 0 aliphatic carbocycles. The third-order valence-corrected chi connectivity index (χ3v) is 6.94. The summed E-state index contributed by atoms with van der Waals surface area (Å²) < 4.78 is 37.1. The molecule has 0 radical (unpaired) electrons. The van der Waals surface area contributed by atoms with E-state index in [1.54, 1.807) is 30.4 Å². The van der Waals surface area contributed by atoms with Gasteiger partial charge in [-0.1, -0.05) is 114 Å². The molecule has 0 fully saturated rings. The number of rotatable bonds is 9. The molecular weight excluding hydrogens is 496 g/mol. The highest BCUT2D eigenvalue weighted by atomic mass is 32.2. The Hall–Kier alpha value is -3.50. The lowest BCUT2D eigenvalue weighted by molar-refractivity contribution is -0.432. The molecule has 0 saturated heterocycles. The Labute approximate surface area is 214 Å². The Morgan fingerprint density at radius 3 is 1.69 bits per heavy atom. The molecule has 0 atom stereocenters. The van der Waals surface area contributed by atoms with E-state index in [2.05, 4.69) is 9.37 Å². The van der Waals surface area contributed by atoms with Crippen molar-refractivity contribution in [3.63, 3.8) is 0 Å². The first-order chi connectivity index (χ1) is 17.4. The van der Waals surface area contributed by atoms with Crippen LogP contribution in [0.2, 0.25) is 0 Å². The maximum absolute atomic E-state index is 11.6. The summed E-state index contributed by atoms with van der Waals surface area (Å²) in [7, 11) is -4.29. The molecule has 8 heteroatoms. The van der Waals surface area contributed by atoms with Crippen LogP contribution in [0.4, 0.5) is 0 Å². The van der Waals surface area contributed by atoms with Gasteiger partial charge in [-0.15, -0.1) is 4.33 Å². The van der Waals surface area contributed by atoms with Gasteiger partial charge in [0, 0.05) is 4.90 Å². The second kappa shape index (κ2) is 12.0. The summed E-state index contributed by atoms with van der Waals surface area (Å²) in [5.74, 6) is 0. The largest absolute Gasteiger partial charge is 0.295 e. The lowest BCUT2D eigenvalue weighted by Gasteiger charge is -2.05. The first kappa shape index (κ1) is 25.6. The molecule has 36 heavy (non-hydrogen) atoms. The lowest BCUT2D eigenvalue weighted by Crippen LogP contribution is -2.00. The zero-order chi connectivity index (χ0) is 25.4. The Balaban J connectivity index is 1.45. The van der Waals surface area contributed by atoms with Crippen LogP contribution in [0.25, 0.3) is 35.4 Å². The molecule has 6 nitrogen and oxygen atoms in total. The Kier molecular flexibility index (Phi) is 8.50. The highest BCUT2D eigenvalue weighted by molar-refractivity contribution is 7.94. The van der Waals surface area contributed by atoms with Gasteiger partial charge in [0.1, 0.15) is 4.90 Å². The monoisotopic (exact) mass is 518 g/mol. The Morgan fingerprint density at radius 2 is 1.14 bits per heavy atom. The summed E-state index contributed by atoms with van der Waals surface area (Å²) in [5.41, 5.74) is 5.37. The van der Waals surface area contributed by atoms with Crippen LogP contribution in [0.3, 0.4) is 0 Å². The standard InChI is InChI=1S/C28H22O6S2/c29-33-34-35-27-7-3-1-5-25(27)19-13-21-9-15-23(16-10-21)24-17-11-22(12-18-24)14-20-26-6-2-4-8-28(26)36(30,31)32/h1-20,29H,(H,30,31,32)/b19-13+,20-14+. The summed E-state index contributed by atoms with van der Waals surface area (Å²) in [6.45, 7) is 0. The molecule has 0 unspecified atom stereocenters. The van der Waals surface area contributed by atoms with Crippen molar-refractivity contribution < 1.29 is 27.6 Å². The second-order valence-corrected chi connectivity index (χ2v) is 9.82. The van der Waals surface area contributed by atoms with Crippen molar-refractivity contribution in [2.75, 3.05) is 0 Å². The average Bonchev–Trinajstić information content (AvgIpc) is 2.90. The third-order valence-electron chi connectivity index (χ3n) is 5.34. The van der Waals surface area contributed by atoms with Gasteiger partial charge in [0.25, 0.3) is 10.1 Å². The fourth-order valence-corrected chi connectivity index (χ4v) is 4.70. The normalized spacial score (nSPS) is 11.9. The van der Waals surface area contributed by atoms with Gasteiger partial charge in [0.05, 0.1) is 12.0 Å². The summed E-state index contributed by atoms with van der Waals surface area (Å²) in [6, 6.07) is 29.9. The molecule has 182 valence electrons. The summed E-state index contributed by atoms with van der Waals surface area (Å²) in [5, 5.41) is 12.1. The maximum Gasteiger partial charge on any atom is 0.295 e. The van der Waals surface area contributed by atoms with Gasteiger partial charge in [0.2, 0.25) is 0 Å². The van der Waals surface area contributed by atoms with E-state index in [0.717, 1.165) is 44.8 Å². The van der Waals surface area contributed by atoms with E-state index in [4.69, 9.17) is 5.26 Å². The predicted octanol–water partition coefficient (Wildman–Crippen LogP) is 7.37. The minimum atomic E-state index is -4.29. The molecule has 0 aliphatic rings. The molecule has 0 heterocycles. The molecule has 0 spiro atoms. The molecule has 4 rings (SSSR count). The van der Waals surface area contributed by atoms with Gasteiger partial charge < -0.3 is 0 Å². The molecule has 2 N–H and O–H groups in total. The molecule has 0 amide bonds. The Bertz CT molecular complexity index is 1480. The predicted molar refractivity (Wildman–Crippen MR) is 143 cm³/mol. The summed E-state index contributed by atoms with van der Waals surface area (Å²) >= 11 is 0.921. The van der Waals surface area contributed by atoms with Crippen molar-refractivity contribution in [2.24, 2.45) is 0 Å². The molecular formula is C28H22O6S2. The zero-order valence-corrected chi connectivity index (χ0v) is 20.5. The minimum Gasteiger partial charge on any atom is -0.282 e. The van der Waals surface area contributed by atoms with Gasteiger partial charge >= 0.3 is 0 Å². The van der Waals surface area contributed by atoms with E-state index in [1.165, 1.54) is 6.07 Å². The minimum absolute atomic E-state index is 0.123. The van der Waals surface area contributed by atoms with E-state index in [0.29, 0.717) is 5.56 Å². The fourth-order valence-electron chi connectivity index (χ4n) is 3.54. The van der Waals surface area contributed by atoms with Gasteiger partial charge in [-0.3, -0.25) is 4.55 Å². The van der Waals surface area contributed by atoms with Gasteiger partial charge in [-0.2, -0.15) is 8.42 Å². The van der Waals surface area contributed by atoms with E-state index >= 15 is 0 Å². The molecule has 0 bridgehead atoms. The van der Waals surface area contributed by atoms with Crippen molar-refractivity contribution in [3.05, 3.63) is 119 Å². The van der Waals surface area contributed by atoms with Crippen LogP contribution in [-0.4, -0.2) is 18.2 Å². The van der Waals surface area contributed by atoms with Gasteiger partial charge in [-0.25, -0.2) is 5.26 Å². The molecule has 0 saturated carbocycles. The van der Waals surface area contributed by atoms with Gasteiger partial charge in [-0.05, 0) is 45.5 Å². The zero-order valence-electron chi connectivity index (χ0n) is 18.9. The highest BCUT2D eigenvalue weighted by Gasteiger charge is 2.12. The highest BCUT2D eigenvalue weighted by Crippen LogP contribution is 2.26. The van der Waals surface area contributed by atoms with Crippen molar-refractivity contribution in [3.8, 4) is 11.1 Å². The van der Waals surface area contributed by atoms with E-state index < -0.39 is 10.1 Å². The fraction of sp³-hybridized carbons (Fsp3) is 0. The van der Waals surface area contributed by atoms with Crippen LogP contribution in [-0.2, 0) is 19.5 Å². The second-order valence-electron chi connectivity index (χ2n) is 7.69. The first-order valence-corrected chi connectivity index (χ1v) is 13.0. The average molecular weight is 519 g/mol. The quantitative estimate of drug-likeness (QED) is 0.0785. The number of hydrogen-bond donors (Lipinski definition) is 2. The van der Waals surface area contributed by atoms with Crippen LogP contribution in [0.5, 0.6) is 0 Å². The number of hydrogen-bond acceptors (Lipinski definition) is 6. The first-order valence-electron chi connectivity index (χ1n) is 10.8. The Morgan fingerprint density at radius 1 is 0.639 bits per heavy atom. The van der Waals surface area contributed by atoms with E-state index in [9.17, 15) is 13.0 Å². The van der Waals surface area contributed by atoms with Crippen LogP contribution in [0.15, 0.2) is 107 Å². The summed E-state index contributed by atoms with van der Waals surface area (Å²) in [4.78, 5) is 0.678. The molecule has 4 aromatic rings. The molecule has 0 aromatic heterocycles. The van der Waals surface area contributed by atoms with Crippen molar-refractivity contribution in [1.29, 1.82) is 0 Å². The number of benzene rings is 4. The van der Waals surface area contributed by atoms with E-state index in [1.807, 2.05) is 84.9 Å². The van der Waals surface area contributed by atoms with Crippen molar-refractivity contribution in [1.82, 2.24) is 0 Å². The van der Waals surface area contributed by atoms with Crippen LogP contribution < -0.4 is 0 Å². The maximum atomic E-state index is 11.6. The summed E-state index contributed by atoms with van der Waals surface area (Å²) in [6.07, 6.45) is 7.41. The third kappa shape index (κ3) is 6.79. The van der Waals surface area contributed by atoms with E-state index in [-0.39, 0.29) is 4.90 Å². The van der Waals surface area contributed by atoms with Crippen LogP contribution in [0.1, 0.15) is 22.3 Å². The van der Waals surface area contributed by atoms with Crippen LogP contribution >= 0.6 is 12.0 Å². The molecule has 0 aliphatic heterocycles. The molecule has 4 aromatic carbocycles. The SMILES string of the molecule is O=S(=O)(O)c1ccccc1/C=C/c1ccc(-c2ccc(/C=C/c3ccccc3SOOO)cc2)cc1. The van der Waals surface area contributed by atoms with Crippen LogP contribution in [0, 0.1) is 0 Å². The van der Waals surface area contributed by atoms with Crippen molar-refractivity contribution in [2.45, 2.75) is 9.79 Å². The van der Waals surface area contributed by atoms with Crippen molar-refractivity contribution >= 4 is 46.5 Å². The lowest BCUT2D eigenvalue weighted by atomic mass is 10.0.